The molecular weight excluding hydrogens is 268 g/mol. The summed E-state index contributed by atoms with van der Waals surface area (Å²) in [6.45, 7) is 4.20. The second-order valence-corrected chi connectivity index (χ2v) is 6.54. The minimum absolute atomic E-state index is 0.0987. The van der Waals surface area contributed by atoms with E-state index in [1.807, 2.05) is 6.92 Å². The maximum absolute atomic E-state index is 10.1. The van der Waals surface area contributed by atoms with Crippen molar-refractivity contribution in [2.75, 3.05) is 0 Å². The minimum Gasteiger partial charge on any atom is -0.390 e. The zero-order chi connectivity index (χ0) is 15.7. The van der Waals surface area contributed by atoms with E-state index in [0.717, 1.165) is 25.7 Å². The largest absolute Gasteiger partial charge is 0.390 e. The molecule has 21 heavy (non-hydrogen) atoms. The van der Waals surface area contributed by atoms with Gasteiger partial charge in [0.05, 0.1) is 30.5 Å². The molecule has 0 aromatic rings. The molecule has 0 saturated carbocycles. The zero-order valence-electron chi connectivity index (χ0n) is 13.7. The first-order valence-corrected chi connectivity index (χ1v) is 8.74. The highest BCUT2D eigenvalue weighted by Crippen LogP contribution is 2.24. The standard InChI is InChI=1S/C17H34O4/c1-3-4-5-6-7-8-14(18)15(19)10-11-16(20)17-12-9-13(2)21-17/h13-20H,3-12H2,1-2H3/t13-,14?,15?,16+,17+/m1/s1. The third-order valence-corrected chi connectivity index (χ3v) is 4.50. The molecule has 1 aliphatic rings. The van der Waals surface area contributed by atoms with Gasteiger partial charge in [-0.3, -0.25) is 0 Å². The average Bonchev–Trinajstić information content (AvgIpc) is 2.90. The van der Waals surface area contributed by atoms with Crippen molar-refractivity contribution >= 4 is 0 Å². The second kappa shape index (κ2) is 10.5. The number of aliphatic hydroxyl groups excluding tert-OH is 3. The van der Waals surface area contributed by atoms with E-state index in [2.05, 4.69) is 6.92 Å². The highest BCUT2D eigenvalue weighted by Gasteiger charge is 2.29. The Morgan fingerprint density at radius 1 is 0.905 bits per heavy atom. The summed E-state index contributed by atoms with van der Waals surface area (Å²) >= 11 is 0. The highest BCUT2D eigenvalue weighted by atomic mass is 16.5. The molecule has 1 aliphatic heterocycles. The van der Waals surface area contributed by atoms with Gasteiger partial charge in [-0.05, 0) is 39.0 Å². The topological polar surface area (TPSA) is 69.9 Å². The molecule has 1 rings (SSSR count). The van der Waals surface area contributed by atoms with Gasteiger partial charge in [0.15, 0.2) is 0 Å². The van der Waals surface area contributed by atoms with Gasteiger partial charge in [-0.15, -0.1) is 0 Å². The maximum Gasteiger partial charge on any atom is 0.0838 e. The van der Waals surface area contributed by atoms with Crippen LogP contribution in [0.3, 0.4) is 0 Å². The van der Waals surface area contributed by atoms with Crippen LogP contribution in [0.1, 0.15) is 78.1 Å². The van der Waals surface area contributed by atoms with E-state index in [4.69, 9.17) is 4.74 Å². The van der Waals surface area contributed by atoms with E-state index in [9.17, 15) is 15.3 Å². The van der Waals surface area contributed by atoms with Crippen LogP contribution in [0.2, 0.25) is 0 Å². The number of aliphatic hydroxyl groups is 3. The van der Waals surface area contributed by atoms with E-state index < -0.39 is 18.3 Å². The van der Waals surface area contributed by atoms with Gasteiger partial charge in [-0.1, -0.05) is 39.0 Å². The van der Waals surface area contributed by atoms with E-state index in [1.165, 1.54) is 19.3 Å². The molecule has 0 aliphatic carbocycles. The lowest BCUT2D eigenvalue weighted by Gasteiger charge is -2.22. The van der Waals surface area contributed by atoms with Crippen LogP contribution in [0.4, 0.5) is 0 Å². The van der Waals surface area contributed by atoms with Gasteiger partial charge in [0, 0.05) is 0 Å². The average molecular weight is 302 g/mol. The smallest absolute Gasteiger partial charge is 0.0838 e. The maximum atomic E-state index is 10.1. The lowest BCUT2D eigenvalue weighted by Crippen LogP contribution is -2.31. The number of unbranched alkanes of at least 4 members (excludes halogenated alkanes) is 4. The molecule has 0 amide bonds. The third-order valence-electron chi connectivity index (χ3n) is 4.50. The molecule has 1 heterocycles. The molecule has 126 valence electrons. The zero-order valence-corrected chi connectivity index (χ0v) is 13.7. The van der Waals surface area contributed by atoms with Gasteiger partial charge >= 0.3 is 0 Å². The van der Waals surface area contributed by atoms with Crippen LogP contribution in [0.5, 0.6) is 0 Å². The summed E-state index contributed by atoms with van der Waals surface area (Å²) in [7, 11) is 0. The molecule has 4 heteroatoms. The van der Waals surface area contributed by atoms with Gasteiger partial charge in [0.25, 0.3) is 0 Å². The van der Waals surface area contributed by atoms with Crippen molar-refractivity contribution in [1.29, 1.82) is 0 Å². The van der Waals surface area contributed by atoms with E-state index >= 15 is 0 Å². The number of hydrogen-bond donors (Lipinski definition) is 3. The fourth-order valence-electron chi connectivity index (χ4n) is 2.99. The first-order valence-electron chi connectivity index (χ1n) is 8.74. The predicted octanol–water partition coefficient (Wildman–Crippen LogP) is 2.78. The molecule has 0 radical (unpaired) electrons. The molecular formula is C17H34O4. The lowest BCUT2D eigenvalue weighted by atomic mass is 9.98. The monoisotopic (exact) mass is 302 g/mol. The van der Waals surface area contributed by atoms with Crippen molar-refractivity contribution in [2.45, 2.75) is 109 Å². The summed E-state index contributed by atoms with van der Waals surface area (Å²) in [5.74, 6) is 0. The fourth-order valence-corrected chi connectivity index (χ4v) is 2.99. The molecule has 0 aromatic carbocycles. The number of rotatable bonds is 11. The Labute approximate surface area is 129 Å². The molecule has 0 bridgehead atoms. The Morgan fingerprint density at radius 3 is 2.19 bits per heavy atom. The second-order valence-electron chi connectivity index (χ2n) is 6.54. The van der Waals surface area contributed by atoms with Crippen molar-refractivity contribution < 1.29 is 20.1 Å². The molecule has 3 N–H and O–H groups in total. The van der Waals surface area contributed by atoms with E-state index in [0.29, 0.717) is 19.3 Å². The van der Waals surface area contributed by atoms with Crippen molar-refractivity contribution in [3.8, 4) is 0 Å². The molecule has 1 fully saturated rings. The summed E-state index contributed by atoms with van der Waals surface area (Å²) in [5.41, 5.74) is 0. The van der Waals surface area contributed by atoms with Crippen LogP contribution in [-0.2, 0) is 4.74 Å². The predicted molar refractivity (Wildman–Crippen MR) is 84.2 cm³/mol. The van der Waals surface area contributed by atoms with Gasteiger partial charge in [-0.2, -0.15) is 0 Å². The highest BCUT2D eigenvalue weighted by molar-refractivity contribution is 4.79. The Hall–Kier alpha value is -0.160. The van der Waals surface area contributed by atoms with E-state index in [-0.39, 0.29) is 12.2 Å². The first kappa shape index (κ1) is 18.9. The normalized spacial score (nSPS) is 26.7. The van der Waals surface area contributed by atoms with Crippen LogP contribution in [-0.4, -0.2) is 45.8 Å². The molecule has 2 unspecified atom stereocenters. The summed E-state index contributed by atoms with van der Waals surface area (Å²) in [4.78, 5) is 0. The van der Waals surface area contributed by atoms with Crippen LogP contribution < -0.4 is 0 Å². The lowest BCUT2D eigenvalue weighted by molar-refractivity contribution is -0.0451. The summed E-state index contributed by atoms with van der Waals surface area (Å²) < 4.78 is 5.62. The van der Waals surface area contributed by atoms with Crippen LogP contribution in [0, 0.1) is 0 Å². The van der Waals surface area contributed by atoms with Crippen molar-refractivity contribution in [1.82, 2.24) is 0 Å². The van der Waals surface area contributed by atoms with Gasteiger partial charge in [0.2, 0.25) is 0 Å². The van der Waals surface area contributed by atoms with Crippen molar-refractivity contribution in [3.05, 3.63) is 0 Å². The number of ether oxygens (including phenoxy) is 1. The van der Waals surface area contributed by atoms with Crippen LogP contribution >= 0.6 is 0 Å². The van der Waals surface area contributed by atoms with Crippen molar-refractivity contribution in [2.24, 2.45) is 0 Å². The fraction of sp³-hybridized carbons (Fsp3) is 1.00. The summed E-state index contributed by atoms with van der Waals surface area (Å²) in [6.07, 6.45) is 7.40. The minimum atomic E-state index is -0.732. The molecule has 0 spiro atoms. The van der Waals surface area contributed by atoms with Gasteiger partial charge < -0.3 is 20.1 Å². The Kier molecular flexibility index (Phi) is 9.49. The van der Waals surface area contributed by atoms with Gasteiger partial charge in [-0.25, -0.2) is 0 Å². The Bertz CT molecular complexity index is 259. The molecule has 4 nitrogen and oxygen atoms in total. The van der Waals surface area contributed by atoms with E-state index in [1.54, 1.807) is 0 Å². The molecule has 5 atom stereocenters. The molecule has 1 saturated heterocycles. The SMILES string of the molecule is CCCCCCCC(O)C(O)CC[C@H](O)[C@@H]1CC[C@@H](C)O1. The van der Waals surface area contributed by atoms with Crippen molar-refractivity contribution in [3.63, 3.8) is 0 Å². The van der Waals surface area contributed by atoms with Crippen LogP contribution in [0.25, 0.3) is 0 Å². The number of hydrogen-bond acceptors (Lipinski definition) is 4. The molecule has 0 aromatic heterocycles. The van der Waals surface area contributed by atoms with Gasteiger partial charge in [0.1, 0.15) is 0 Å². The first-order chi connectivity index (χ1) is 10.0. The summed E-state index contributed by atoms with van der Waals surface area (Å²) in [6, 6.07) is 0. The third kappa shape index (κ3) is 7.59. The summed E-state index contributed by atoms with van der Waals surface area (Å²) in [5, 5.41) is 29.9. The van der Waals surface area contributed by atoms with Crippen LogP contribution in [0.15, 0.2) is 0 Å². The Morgan fingerprint density at radius 2 is 1.57 bits per heavy atom. The Balaban J connectivity index is 2.09. The quantitative estimate of drug-likeness (QED) is 0.513.